The number of hydrogen-bond donors (Lipinski definition) is 14. The highest BCUT2D eigenvalue weighted by Crippen LogP contribution is 2.37. The number of amides is 6. The molecule has 1 saturated heterocycles. The van der Waals surface area contributed by atoms with Crippen molar-refractivity contribution in [3.63, 3.8) is 0 Å². The van der Waals surface area contributed by atoms with E-state index in [4.69, 9.17) is 14.5 Å². The molecule has 1 aliphatic heterocycles. The van der Waals surface area contributed by atoms with Crippen LogP contribution in [0.5, 0.6) is 0 Å². The zero-order chi connectivity index (χ0) is 51.5. The smallest absolute Gasteiger partial charge is 0.390 e. The molecule has 1 heterocycles. The second kappa shape index (κ2) is 29.6. The maximum Gasteiger partial charge on any atom is 0.469 e. The Hall–Kier alpha value is -3.35. The zero-order valence-corrected chi connectivity index (χ0v) is 41.8. The summed E-state index contributed by atoms with van der Waals surface area (Å²) in [5.41, 5.74) is 0. The molecule has 0 aromatic heterocycles. The lowest BCUT2D eigenvalue weighted by atomic mass is 9.95. The first-order chi connectivity index (χ1) is 30.9. The number of nitrogens with one attached hydrogen (secondary N) is 7. The highest BCUT2D eigenvalue weighted by Gasteiger charge is 2.44. The minimum absolute atomic E-state index is 0.0296. The molecule has 1 rings (SSSR count). The molecule has 0 saturated carbocycles. The second-order valence-electron chi connectivity index (χ2n) is 19.4. The maximum atomic E-state index is 13.7. The van der Waals surface area contributed by atoms with Gasteiger partial charge in [0.05, 0.1) is 43.7 Å². The van der Waals surface area contributed by atoms with Crippen molar-refractivity contribution in [2.45, 2.75) is 188 Å². The molecular weight excluding hydrogens is 901 g/mol. The summed E-state index contributed by atoms with van der Waals surface area (Å²) in [7, 11) is -4.90. The van der Waals surface area contributed by atoms with Crippen LogP contribution in [0, 0.1) is 29.6 Å². The third-order valence-corrected chi connectivity index (χ3v) is 11.3. The number of carbonyl (C=O) groups excluding carboxylic acids is 6. The van der Waals surface area contributed by atoms with Crippen LogP contribution in [0.4, 0.5) is 0 Å². The van der Waals surface area contributed by atoms with Crippen LogP contribution in [0.15, 0.2) is 0 Å². The zero-order valence-electron chi connectivity index (χ0n) is 40.9. The molecule has 0 aliphatic carbocycles. The number of phosphoric ester groups is 1. The van der Waals surface area contributed by atoms with Crippen LogP contribution >= 0.6 is 7.82 Å². The summed E-state index contributed by atoms with van der Waals surface area (Å²) in [5, 5.41) is 71.8. The molecule has 0 aromatic carbocycles. The first-order valence-corrected chi connectivity index (χ1v) is 24.7. The van der Waals surface area contributed by atoms with Crippen molar-refractivity contribution in [2.24, 2.45) is 29.6 Å². The first kappa shape index (κ1) is 61.7. The Balaban J connectivity index is 2.81. The molecule has 67 heavy (non-hydrogen) atoms. The topological polar surface area (TPSA) is 364 Å². The van der Waals surface area contributed by atoms with Gasteiger partial charge in [-0.25, -0.2) is 4.57 Å². The van der Waals surface area contributed by atoms with Crippen molar-refractivity contribution in [3.8, 4) is 0 Å². The standard InChI is InChI=1S/C43H82N7O16P/c1-21(2)15-27(29(51)18-32(53)44-13-12-14-45-43-39(58)38(57)37(56)31(66-43)20-65-67(62,63)64)47-40(59)26(11)46-34(55)19-30(52)28(16-22(3)4)48-41(60)36(25(9)10)50-42(61)35(24(7)8)49-33(54)17-23(5)6/h21-31,35-39,43,45,51-52,56-58H,12-20H2,1-11H3,(H,44,53)(H,46,55)(H,47,59)(H,48,60)(H,49,54)(H,50,61)(H2,62,63,64)/t26-,27-,28-,29+,30+,31+,35-,36-,37+,38-,39-,43-/m0/s1. The molecule has 24 heteroatoms. The molecule has 12 atom stereocenters. The Morgan fingerprint density at radius 2 is 1.06 bits per heavy atom. The SMILES string of the molecule is CC(C)CC(=O)N[C@H](C(=O)N[C@H](C(=O)N[C@@H](CC(C)C)[C@H](O)CC(=O)N[C@@H](C)C(=O)N[C@@H](CC(C)C)[C@H](O)CC(=O)NCCCN[C@H]1O[C@H](COP(=O)(O)O)[C@@H](O)[C@H](O)[C@@H]1O)C(C)C)C(C)C. The number of hydrogen-bond acceptors (Lipinski definition) is 15. The molecule has 23 nitrogen and oxygen atoms in total. The Kier molecular flexibility index (Phi) is 27.3. The van der Waals surface area contributed by atoms with Crippen molar-refractivity contribution >= 4 is 43.3 Å². The van der Waals surface area contributed by atoms with Crippen molar-refractivity contribution in [2.75, 3.05) is 19.7 Å². The molecule has 0 bridgehead atoms. The van der Waals surface area contributed by atoms with Crippen molar-refractivity contribution in [3.05, 3.63) is 0 Å². The summed E-state index contributed by atoms with van der Waals surface area (Å²) in [6.45, 7) is 19.1. The number of ether oxygens (including phenoxy) is 1. The Morgan fingerprint density at radius 1 is 0.582 bits per heavy atom. The largest absolute Gasteiger partial charge is 0.469 e. The Bertz CT molecular complexity index is 1620. The summed E-state index contributed by atoms with van der Waals surface area (Å²) in [6.07, 6.45) is -10.2. The van der Waals surface area contributed by atoms with E-state index in [1.54, 1.807) is 27.7 Å². The number of aliphatic hydroxyl groups excluding tert-OH is 5. The Labute approximate surface area is 394 Å². The van der Waals surface area contributed by atoms with Crippen LogP contribution in [0.3, 0.4) is 0 Å². The van der Waals surface area contributed by atoms with E-state index in [1.807, 2.05) is 41.5 Å². The predicted octanol–water partition coefficient (Wildman–Crippen LogP) is -1.60. The van der Waals surface area contributed by atoms with Gasteiger partial charge in [-0.3, -0.25) is 38.6 Å². The van der Waals surface area contributed by atoms with Crippen LogP contribution < -0.4 is 37.2 Å². The fourth-order valence-electron chi connectivity index (χ4n) is 7.23. The molecule has 6 amide bonds. The predicted molar refractivity (Wildman–Crippen MR) is 245 cm³/mol. The van der Waals surface area contributed by atoms with E-state index in [2.05, 4.69) is 41.7 Å². The van der Waals surface area contributed by atoms with Gasteiger partial charge in [-0.15, -0.1) is 0 Å². The highest BCUT2D eigenvalue weighted by molar-refractivity contribution is 7.46. The van der Waals surface area contributed by atoms with Crippen molar-refractivity contribution in [1.29, 1.82) is 0 Å². The third kappa shape index (κ3) is 23.7. The summed E-state index contributed by atoms with van der Waals surface area (Å²) in [4.78, 5) is 96.7. The maximum absolute atomic E-state index is 13.7. The van der Waals surface area contributed by atoms with E-state index < -0.39 is 130 Å². The van der Waals surface area contributed by atoms with Crippen molar-refractivity contribution in [1.82, 2.24) is 37.2 Å². The van der Waals surface area contributed by atoms with Crippen LogP contribution in [0.2, 0.25) is 0 Å². The van der Waals surface area contributed by atoms with Gasteiger partial charge in [0.15, 0.2) is 0 Å². The highest BCUT2D eigenvalue weighted by atomic mass is 31.2. The van der Waals surface area contributed by atoms with Crippen LogP contribution in [0.1, 0.15) is 115 Å². The summed E-state index contributed by atoms with van der Waals surface area (Å²) in [5.74, 6) is -3.97. The normalized spacial score (nSPS) is 22.1. The lowest BCUT2D eigenvalue weighted by Crippen LogP contribution is -2.62. The number of aliphatic hydroxyl groups is 5. The number of phosphoric acid groups is 1. The van der Waals surface area contributed by atoms with Gasteiger partial charge in [-0.2, -0.15) is 0 Å². The summed E-state index contributed by atoms with van der Waals surface area (Å²) in [6, 6.07) is -4.87. The van der Waals surface area contributed by atoms with Gasteiger partial charge in [0.25, 0.3) is 0 Å². The average Bonchev–Trinajstić information content (AvgIpc) is 3.19. The second-order valence-corrected chi connectivity index (χ2v) is 20.7. The van der Waals surface area contributed by atoms with Crippen LogP contribution in [-0.2, 0) is 42.6 Å². The van der Waals surface area contributed by atoms with Gasteiger partial charge in [-0.05, 0) is 62.3 Å². The third-order valence-electron chi connectivity index (χ3n) is 10.8. The minimum Gasteiger partial charge on any atom is -0.390 e. The fraction of sp³-hybridized carbons (Fsp3) is 0.860. The van der Waals surface area contributed by atoms with Crippen LogP contribution in [-0.4, -0.2) is 164 Å². The minimum atomic E-state index is -4.90. The molecule has 0 aromatic rings. The van der Waals surface area contributed by atoms with Crippen LogP contribution in [0.25, 0.3) is 0 Å². The molecule has 1 fully saturated rings. The molecule has 14 N–H and O–H groups in total. The number of rotatable bonds is 30. The van der Waals surface area contributed by atoms with Gasteiger partial charge >= 0.3 is 7.82 Å². The van der Waals surface area contributed by atoms with E-state index in [1.165, 1.54) is 6.92 Å². The number of carbonyl (C=O) groups is 6. The van der Waals surface area contributed by atoms with Gasteiger partial charge in [0, 0.05) is 13.0 Å². The molecular formula is C43H82N7O16P. The van der Waals surface area contributed by atoms with Crippen molar-refractivity contribution < 1.29 is 77.9 Å². The van der Waals surface area contributed by atoms with Gasteiger partial charge in [-0.1, -0.05) is 69.2 Å². The van der Waals surface area contributed by atoms with Gasteiger partial charge in [0.1, 0.15) is 48.8 Å². The quantitative estimate of drug-likeness (QED) is 0.0285. The lowest BCUT2D eigenvalue weighted by Gasteiger charge is -2.40. The van der Waals surface area contributed by atoms with E-state index in [-0.39, 0.29) is 74.3 Å². The molecule has 390 valence electrons. The average molecular weight is 984 g/mol. The van der Waals surface area contributed by atoms with E-state index in [0.29, 0.717) is 0 Å². The molecule has 0 spiro atoms. The first-order valence-electron chi connectivity index (χ1n) is 23.2. The molecule has 0 unspecified atom stereocenters. The molecule has 1 aliphatic rings. The Morgan fingerprint density at radius 3 is 1.55 bits per heavy atom. The van der Waals surface area contributed by atoms with Gasteiger partial charge in [0.2, 0.25) is 35.4 Å². The monoisotopic (exact) mass is 984 g/mol. The van der Waals surface area contributed by atoms with E-state index in [0.717, 1.165) is 0 Å². The summed E-state index contributed by atoms with van der Waals surface area (Å²) >= 11 is 0. The fourth-order valence-corrected chi connectivity index (χ4v) is 7.57. The summed E-state index contributed by atoms with van der Waals surface area (Å²) < 4.78 is 20.8. The van der Waals surface area contributed by atoms with E-state index in [9.17, 15) is 58.9 Å². The van der Waals surface area contributed by atoms with E-state index >= 15 is 0 Å². The molecule has 0 radical (unpaired) electrons. The lowest BCUT2D eigenvalue weighted by molar-refractivity contribution is -0.235. The van der Waals surface area contributed by atoms with Gasteiger partial charge < -0.3 is 72.0 Å².